The Morgan fingerprint density at radius 3 is 2.65 bits per heavy atom. The Bertz CT molecular complexity index is 1870. The highest BCUT2D eigenvalue weighted by molar-refractivity contribution is 5.78. The van der Waals surface area contributed by atoms with E-state index in [1.54, 1.807) is 6.26 Å². The average Bonchev–Trinajstić information content (AvgIpc) is 3.58. The summed E-state index contributed by atoms with van der Waals surface area (Å²) in [7, 11) is 4.42. The fraction of sp³-hybridized carbons (Fsp3) is 0.270. The Balaban J connectivity index is 1.24. The molecular weight excluding hydrogens is 532 g/mol. The standard InChI is InChI=1S/C37H36N4O2/c1-24(25-11-5-4-6-12-25)30-23-42-36-33(30)38-37(43-36)41-31-17-8-7-13-26(31)18-19-28-20-21-32(40(3)35(28)41)29-16-9-14-27-15-10-22-39(2)34(27)29/h4-8,10-13,15-17,20-21,23-24,32H,9,14,18-19,22H2,1-3H3/t24?,32-/m0/s1. The lowest BCUT2D eigenvalue weighted by molar-refractivity contribution is 0.349. The van der Waals surface area contributed by atoms with Crippen molar-refractivity contribution in [2.75, 3.05) is 25.5 Å². The van der Waals surface area contributed by atoms with Gasteiger partial charge in [0.1, 0.15) is 12.1 Å². The fourth-order valence-corrected chi connectivity index (χ4v) is 7.27. The van der Waals surface area contributed by atoms with Gasteiger partial charge in [-0.2, -0.15) is 4.98 Å². The molecule has 4 aromatic rings. The maximum atomic E-state index is 6.49. The average molecular weight is 569 g/mol. The zero-order valence-corrected chi connectivity index (χ0v) is 25.0. The van der Waals surface area contributed by atoms with Gasteiger partial charge in [0, 0.05) is 37.8 Å². The van der Waals surface area contributed by atoms with Gasteiger partial charge in [-0.25, -0.2) is 4.90 Å². The number of anilines is 2. The number of furan rings is 1. The molecule has 2 aromatic carbocycles. The number of aromatic nitrogens is 1. The molecule has 0 spiro atoms. The number of aryl methyl sites for hydroxylation is 1. The van der Waals surface area contributed by atoms with Crippen molar-refractivity contribution >= 4 is 23.0 Å². The number of hydrogen-bond donors (Lipinski definition) is 0. The molecule has 0 amide bonds. The Morgan fingerprint density at radius 1 is 0.930 bits per heavy atom. The van der Waals surface area contributed by atoms with Gasteiger partial charge >= 0.3 is 11.8 Å². The second kappa shape index (κ2) is 10.2. The lowest BCUT2D eigenvalue weighted by Gasteiger charge is -2.42. The van der Waals surface area contributed by atoms with Gasteiger partial charge in [0.15, 0.2) is 5.52 Å². The molecule has 0 N–H and O–H groups in total. The smallest absolute Gasteiger partial charge is 0.319 e. The van der Waals surface area contributed by atoms with Crippen LogP contribution in [0.4, 0.5) is 11.7 Å². The van der Waals surface area contributed by atoms with Gasteiger partial charge in [0.2, 0.25) is 0 Å². The van der Waals surface area contributed by atoms with E-state index in [4.69, 9.17) is 13.8 Å². The molecule has 0 radical (unpaired) electrons. The second-order valence-corrected chi connectivity index (χ2v) is 12.0. The molecule has 43 heavy (non-hydrogen) atoms. The molecule has 0 saturated carbocycles. The van der Waals surface area contributed by atoms with Crippen LogP contribution in [0.5, 0.6) is 0 Å². The monoisotopic (exact) mass is 568 g/mol. The van der Waals surface area contributed by atoms with Crippen molar-refractivity contribution in [3.63, 3.8) is 0 Å². The number of fused-ring (bicyclic) bond motifs is 2. The summed E-state index contributed by atoms with van der Waals surface area (Å²) in [6.45, 7) is 3.13. The van der Waals surface area contributed by atoms with Crippen molar-refractivity contribution < 1.29 is 8.83 Å². The normalized spacial score (nSPS) is 20.7. The SMILES string of the molecule is CC(c1ccccc1)c1coc2oc(N3C4=C(C=C[C@@H](C5=CCCC6=C5N(C)CC=C6)N4C)CCc4ccccc43)nc12. The first kappa shape index (κ1) is 26.0. The zero-order chi connectivity index (χ0) is 29.1. The summed E-state index contributed by atoms with van der Waals surface area (Å²) in [5, 5.41) is 0. The third kappa shape index (κ3) is 4.19. The maximum absolute atomic E-state index is 6.49. The Morgan fingerprint density at radius 2 is 1.77 bits per heavy atom. The number of allylic oxidation sites excluding steroid dienone is 5. The van der Waals surface area contributed by atoms with Gasteiger partial charge in [-0.05, 0) is 59.6 Å². The van der Waals surface area contributed by atoms with Crippen LogP contribution in [0.25, 0.3) is 11.3 Å². The minimum absolute atomic E-state index is 0.0948. The van der Waals surface area contributed by atoms with Crippen molar-refractivity contribution in [1.29, 1.82) is 0 Å². The number of nitrogens with zero attached hydrogens (tertiary/aromatic N) is 4. The lowest BCUT2D eigenvalue weighted by Crippen LogP contribution is -2.42. The maximum Gasteiger partial charge on any atom is 0.319 e. The summed E-state index contributed by atoms with van der Waals surface area (Å²) in [5.41, 5.74) is 10.9. The number of oxazole rings is 1. The summed E-state index contributed by atoms with van der Waals surface area (Å²) < 4.78 is 12.5. The second-order valence-electron chi connectivity index (χ2n) is 12.0. The first-order valence-corrected chi connectivity index (χ1v) is 15.3. The zero-order valence-electron chi connectivity index (χ0n) is 25.0. The van der Waals surface area contributed by atoms with Crippen LogP contribution in [-0.4, -0.2) is 41.5 Å². The summed E-state index contributed by atoms with van der Waals surface area (Å²) >= 11 is 0. The lowest BCUT2D eigenvalue weighted by atomic mass is 9.86. The molecule has 0 bridgehead atoms. The molecule has 1 aliphatic carbocycles. The predicted molar refractivity (Wildman–Crippen MR) is 171 cm³/mol. The number of rotatable bonds is 4. The number of hydrogen-bond acceptors (Lipinski definition) is 6. The highest BCUT2D eigenvalue weighted by atomic mass is 16.5. The molecule has 3 aliphatic heterocycles. The Kier molecular flexibility index (Phi) is 6.17. The van der Waals surface area contributed by atoms with Crippen LogP contribution < -0.4 is 4.90 Å². The molecule has 8 rings (SSSR count). The predicted octanol–water partition coefficient (Wildman–Crippen LogP) is 8.21. The molecule has 2 atom stereocenters. The van der Waals surface area contributed by atoms with Crippen LogP contribution in [0, 0.1) is 0 Å². The van der Waals surface area contributed by atoms with Gasteiger partial charge in [-0.1, -0.05) is 85.8 Å². The van der Waals surface area contributed by atoms with Crippen LogP contribution in [0.2, 0.25) is 0 Å². The van der Waals surface area contributed by atoms with Gasteiger partial charge < -0.3 is 18.6 Å². The van der Waals surface area contributed by atoms with E-state index in [0.717, 1.165) is 54.8 Å². The van der Waals surface area contributed by atoms with E-state index in [2.05, 4.69) is 115 Å². The van der Waals surface area contributed by atoms with E-state index >= 15 is 0 Å². The van der Waals surface area contributed by atoms with E-state index in [1.165, 1.54) is 33.5 Å². The molecule has 0 fully saturated rings. The topological polar surface area (TPSA) is 48.9 Å². The molecule has 2 aromatic heterocycles. The van der Waals surface area contributed by atoms with Crippen LogP contribution in [0.1, 0.15) is 48.8 Å². The summed E-state index contributed by atoms with van der Waals surface area (Å²) in [6.07, 6.45) is 17.6. The summed E-state index contributed by atoms with van der Waals surface area (Å²) in [6, 6.07) is 19.8. The van der Waals surface area contributed by atoms with Gasteiger partial charge in [0.25, 0.3) is 0 Å². The van der Waals surface area contributed by atoms with Crippen molar-refractivity contribution in [3.8, 4) is 0 Å². The van der Waals surface area contributed by atoms with Gasteiger partial charge in [-0.3, -0.25) is 0 Å². The molecule has 216 valence electrons. The highest BCUT2D eigenvalue weighted by Crippen LogP contribution is 2.45. The van der Waals surface area contributed by atoms with Crippen LogP contribution in [-0.2, 0) is 6.42 Å². The van der Waals surface area contributed by atoms with Crippen molar-refractivity contribution in [1.82, 2.24) is 14.8 Å². The highest BCUT2D eigenvalue weighted by Gasteiger charge is 2.37. The molecule has 5 heterocycles. The first-order chi connectivity index (χ1) is 21.1. The van der Waals surface area contributed by atoms with Crippen LogP contribution >= 0.6 is 0 Å². The summed E-state index contributed by atoms with van der Waals surface area (Å²) in [5.74, 6) is 1.70. The Hall–Kier alpha value is -4.71. The molecular formula is C37H36N4O2. The third-order valence-electron chi connectivity index (χ3n) is 9.49. The van der Waals surface area contributed by atoms with E-state index < -0.39 is 0 Å². The molecule has 0 saturated heterocycles. The Labute approximate surface area is 252 Å². The molecule has 1 unspecified atom stereocenters. The minimum atomic E-state index is 0.0948. The van der Waals surface area contributed by atoms with Crippen molar-refractivity contribution in [2.24, 2.45) is 0 Å². The van der Waals surface area contributed by atoms with Crippen LogP contribution in [0.15, 0.2) is 128 Å². The third-order valence-corrected chi connectivity index (χ3v) is 9.49. The number of para-hydroxylation sites is 1. The minimum Gasteiger partial charge on any atom is -0.432 e. The largest absolute Gasteiger partial charge is 0.432 e. The van der Waals surface area contributed by atoms with E-state index in [0.29, 0.717) is 11.8 Å². The van der Waals surface area contributed by atoms with Crippen LogP contribution in [0.3, 0.4) is 0 Å². The number of likely N-dealkylation sites (N-methyl/N-ethyl adjacent to an activating group) is 2. The number of benzene rings is 2. The summed E-state index contributed by atoms with van der Waals surface area (Å²) in [4.78, 5) is 12.2. The van der Waals surface area contributed by atoms with Gasteiger partial charge in [-0.15, -0.1) is 0 Å². The van der Waals surface area contributed by atoms with E-state index in [-0.39, 0.29) is 12.0 Å². The van der Waals surface area contributed by atoms with E-state index in [9.17, 15) is 0 Å². The fourth-order valence-electron chi connectivity index (χ4n) is 7.27. The van der Waals surface area contributed by atoms with Gasteiger partial charge in [0.05, 0.1) is 11.7 Å². The molecule has 4 aliphatic rings. The van der Waals surface area contributed by atoms with Crippen molar-refractivity contribution in [2.45, 2.75) is 44.6 Å². The molecule has 6 nitrogen and oxygen atoms in total. The van der Waals surface area contributed by atoms with E-state index in [1.807, 2.05) is 6.07 Å². The quantitative estimate of drug-likeness (QED) is 0.247. The first-order valence-electron chi connectivity index (χ1n) is 15.3. The molecule has 6 heteroatoms. The van der Waals surface area contributed by atoms with Crippen molar-refractivity contribution in [3.05, 3.63) is 136 Å².